The summed E-state index contributed by atoms with van der Waals surface area (Å²) in [6.07, 6.45) is 0.0517. The van der Waals surface area contributed by atoms with Gasteiger partial charge in [-0.1, -0.05) is 41.9 Å². The Bertz CT molecular complexity index is 1300. The van der Waals surface area contributed by atoms with Gasteiger partial charge in [0.25, 0.3) is 5.91 Å². The molecular weight excluding hydrogens is 458 g/mol. The van der Waals surface area contributed by atoms with Crippen LogP contribution in [0.25, 0.3) is 0 Å². The summed E-state index contributed by atoms with van der Waals surface area (Å²) in [5.41, 5.74) is 2.18. The Morgan fingerprint density at radius 2 is 1.71 bits per heavy atom. The van der Waals surface area contributed by atoms with Crippen molar-refractivity contribution < 1.29 is 22.8 Å². The quantitative estimate of drug-likeness (QED) is 0.509. The Labute approximate surface area is 188 Å². The number of imide groups is 1. The molecule has 0 radical (unpaired) electrons. The van der Waals surface area contributed by atoms with Crippen molar-refractivity contribution in [2.45, 2.75) is 17.1 Å². The molecule has 0 spiro atoms. The van der Waals surface area contributed by atoms with Crippen LogP contribution in [0.15, 0.2) is 64.9 Å². The molecule has 3 aromatic rings. The lowest BCUT2D eigenvalue weighted by Gasteiger charge is -2.26. The molecule has 31 heavy (non-hydrogen) atoms. The molecule has 1 aromatic heterocycles. The monoisotopic (exact) mass is 473 g/mol. The molecule has 0 atom stereocenters. The van der Waals surface area contributed by atoms with E-state index in [1.807, 2.05) is 0 Å². The standard InChI is InChI=1S/C22H16ClNO5S2/c23-19-9-10-21(30-19)31(28,29)13-17(25)11-14-5-7-16(8-6-14)24-20(26)12-15-3-1-2-4-18(15)22(24)27/h1-10H,11-13H2. The summed E-state index contributed by atoms with van der Waals surface area (Å²) in [5.74, 6) is -1.80. The van der Waals surface area contributed by atoms with Gasteiger partial charge in [-0.25, -0.2) is 13.3 Å². The third-order valence-electron chi connectivity index (χ3n) is 4.84. The van der Waals surface area contributed by atoms with Gasteiger partial charge in [0.05, 0.1) is 16.4 Å². The minimum atomic E-state index is -3.74. The van der Waals surface area contributed by atoms with E-state index in [0.29, 0.717) is 26.7 Å². The Morgan fingerprint density at radius 1 is 1.00 bits per heavy atom. The number of Topliss-reactive ketones (excluding diaryl/α,β-unsaturated/α-hetero) is 1. The lowest BCUT2D eigenvalue weighted by molar-refractivity contribution is -0.118. The van der Waals surface area contributed by atoms with E-state index in [1.165, 1.54) is 12.1 Å². The van der Waals surface area contributed by atoms with Gasteiger partial charge in [0.15, 0.2) is 15.6 Å². The molecule has 1 aliphatic heterocycles. The van der Waals surface area contributed by atoms with Crippen LogP contribution in [-0.4, -0.2) is 31.8 Å². The highest BCUT2D eigenvalue weighted by Gasteiger charge is 2.31. The minimum Gasteiger partial charge on any atom is -0.298 e. The van der Waals surface area contributed by atoms with Gasteiger partial charge in [-0.2, -0.15) is 0 Å². The number of sulfone groups is 1. The fraction of sp³-hybridized carbons (Fsp3) is 0.136. The molecular formula is C22H16ClNO5S2. The van der Waals surface area contributed by atoms with Gasteiger partial charge in [-0.15, -0.1) is 11.3 Å². The minimum absolute atomic E-state index is 0.0589. The second-order valence-electron chi connectivity index (χ2n) is 7.07. The lowest BCUT2D eigenvalue weighted by Crippen LogP contribution is -2.42. The number of hydrogen-bond acceptors (Lipinski definition) is 6. The molecule has 0 fully saturated rings. The third kappa shape index (κ3) is 4.46. The summed E-state index contributed by atoms with van der Waals surface area (Å²) in [6.45, 7) is 0. The number of benzene rings is 2. The summed E-state index contributed by atoms with van der Waals surface area (Å²) in [7, 11) is -3.74. The van der Waals surface area contributed by atoms with Crippen LogP contribution in [0.5, 0.6) is 0 Å². The maximum absolute atomic E-state index is 12.8. The SMILES string of the molecule is O=C(Cc1ccc(N2C(=O)Cc3ccccc3C2=O)cc1)CS(=O)(=O)c1ccc(Cl)s1. The fourth-order valence-corrected chi connectivity index (χ4v) is 6.22. The number of ketones is 1. The molecule has 2 aromatic carbocycles. The Balaban J connectivity index is 1.47. The number of nitrogens with zero attached hydrogens (tertiary/aromatic N) is 1. The fourth-order valence-electron chi connectivity index (χ4n) is 3.41. The molecule has 9 heteroatoms. The zero-order chi connectivity index (χ0) is 22.2. The topological polar surface area (TPSA) is 88.6 Å². The molecule has 0 N–H and O–H groups in total. The van der Waals surface area contributed by atoms with Crippen LogP contribution in [0.2, 0.25) is 4.34 Å². The normalized spacial score (nSPS) is 13.9. The number of halogens is 1. The summed E-state index contributed by atoms with van der Waals surface area (Å²) in [6, 6.07) is 16.2. The first kappa shape index (κ1) is 21.4. The first-order valence-electron chi connectivity index (χ1n) is 9.28. The Kier molecular flexibility index (Phi) is 5.79. The van der Waals surface area contributed by atoms with Crippen molar-refractivity contribution in [2.24, 2.45) is 0 Å². The average molecular weight is 474 g/mol. The number of carbonyl (C=O) groups excluding carboxylic acids is 3. The van der Waals surface area contributed by atoms with Crippen LogP contribution in [0.3, 0.4) is 0 Å². The van der Waals surface area contributed by atoms with Gasteiger partial charge >= 0.3 is 0 Å². The van der Waals surface area contributed by atoms with Gasteiger partial charge < -0.3 is 0 Å². The molecule has 0 aliphatic carbocycles. The third-order valence-corrected chi connectivity index (χ3v) is 8.33. The molecule has 6 nitrogen and oxygen atoms in total. The smallest absolute Gasteiger partial charge is 0.265 e. The highest BCUT2D eigenvalue weighted by molar-refractivity contribution is 7.94. The summed E-state index contributed by atoms with van der Waals surface area (Å²) in [5, 5.41) is 0. The van der Waals surface area contributed by atoms with Crippen LogP contribution in [0.1, 0.15) is 21.5 Å². The summed E-state index contributed by atoms with van der Waals surface area (Å²) >= 11 is 6.69. The van der Waals surface area contributed by atoms with Crippen molar-refractivity contribution in [3.63, 3.8) is 0 Å². The largest absolute Gasteiger partial charge is 0.298 e. The molecule has 0 unspecified atom stereocenters. The van der Waals surface area contributed by atoms with E-state index in [9.17, 15) is 22.8 Å². The van der Waals surface area contributed by atoms with E-state index in [2.05, 4.69) is 0 Å². The number of anilines is 1. The van der Waals surface area contributed by atoms with E-state index in [-0.39, 0.29) is 23.0 Å². The van der Waals surface area contributed by atoms with Crippen LogP contribution < -0.4 is 4.90 Å². The van der Waals surface area contributed by atoms with E-state index in [4.69, 9.17) is 11.6 Å². The van der Waals surface area contributed by atoms with Gasteiger partial charge in [0, 0.05) is 12.0 Å². The number of carbonyl (C=O) groups is 3. The molecule has 0 saturated carbocycles. The zero-order valence-corrected chi connectivity index (χ0v) is 18.5. The molecule has 2 amide bonds. The average Bonchev–Trinajstić information content (AvgIpc) is 3.16. The van der Waals surface area contributed by atoms with E-state index in [0.717, 1.165) is 16.2 Å². The van der Waals surface area contributed by atoms with E-state index >= 15 is 0 Å². The van der Waals surface area contributed by atoms with Crippen LogP contribution in [0, 0.1) is 0 Å². The van der Waals surface area contributed by atoms with Crippen molar-refractivity contribution in [1.82, 2.24) is 0 Å². The summed E-state index contributed by atoms with van der Waals surface area (Å²) < 4.78 is 25.1. The number of amides is 2. The molecule has 2 heterocycles. The molecule has 0 saturated heterocycles. The first-order chi connectivity index (χ1) is 14.7. The van der Waals surface area contributed by atoms with Crippen molar-refractivity contribution in [3.8, 4) is 0 Å². The Morgan fingerprint density at radius 3 is 2.39 bits per heavy atom. The van der Waals surface area contributed by atoms with Crippen molar-refractivity contribution in [2.75, 3.05) is 10.7 Å². The van der Waals surface area contributed by atoms with Gasteiger partial charge in [0.2, 0.25) is 5.91 Å². The second-order valence-corrected chi connectivity index (χ2v) is 11.0. The van der Waals surface area contributed by atoms with Crippen LogP contribution >= 0.6 is 22.9 Å². The van der Waals surface area contributed by atoms with Gasteiger partial charge in [-0.3, -0.25) is 14.4 Å². The first-order valence-corrected chi connectivity index (χ1v) is 12.1. The predicted molar refractivity (Wildman–Crippen MR) is 118 cm³/mol. The maximum atomic E-state index is 12.8. The second kappa shape index (κ2) is 8.37. The van der Waals surface area contributed by atoms with Crippen molar-refractivity contribution in [3.05, 3.63) is 81.7 Å². The van der Waals surface area contributed by atoms with Crippen molar-refractivity contribution >= 4 is 56.1 Å². The number of hydrogen-bond donors (Lipinski definition) is 0. The van der Waals surface area contributed by atoms with Crippen molar-refractivity contribution in [1.29, 1.82) is 0 Å². The lowest BCUT2D eigenvalue weighted by atomic mass is 9.98. The predicted octanol–water partition coefficient (Wildman–Crippen LogP) is 3.72. The zero-order valence-electron chi connectivity index (χ0n) is 16.1. The molecule has 1 aliphatic rings. The highest BCUT2D eigenvalue weighted by atomic mass is 35.5. The highest BCUT2D eigenvalue weighted by Crippen LogP contribution is 2.27. The number of rotatable bonds is 6. The number of thiophene rings is 1. The van der Waals surface area contributed by atoms with Gasteiger partial charge in [0.1, 0.15) is 9.96 Å². The van der Waals surface area contributed by atoms with Crippen LogP contribution in [-0.2, 0) is 32.3 Å². The van der Waals surface area contributed by atoms with E-state index < -0.39 is 27.3 Å². The Hall–Kier alpha value is -2.81. The maximum Gasteiger partial charge on any atom is 0.265 e. The van der Waals surface area contributed by atoms with Gasteiger partial charge in [-0.05, 0) is 41.5 Å². The van der Waals surface area contributed by atoms with Crippen LogP contribution in [0.4, 0.5) is 5.69 Å². The number of fused-ring (bicyclic) bond motifs is 1. The summed E-state index contributed by atoms with van der Waals surface area (Å²) in [4.78, 5) is 38.7. The van der Waals surface area contributed by atoms with E-state index in [1.54, 1.807) is 48.5 Å². The molecule has 4 rings (SSSR count). The molecule has 0 bridgehead atoms. The molecule has 158 valence electrons.